The SMILES string of the molecule is CCOCCN1C(=O)c2ccccc2C1C(=O)NC(C)C. The molecule has 5 heteroatoms. The maximum absolute atomic E-state index is 12.5. The molecule has 114 valence electrons. The number of nitrogens with one attached hydrogen (secondary N) is 1. The van der Waals surface area contributed by atoms with E-state index < -0.39 is 6.04 Å². The number of amides is 2. The van der Waals surface area contributed by atoms with Crippen molar-refractivity contribution in [2.45, 2.75) is 32.9 Å². The first-order valence-corrected chi connectivity index (χ1v) is 7.34. The van der Waals surface area contributed by atoms with E-state index in [1.165, 1.54) is 0 Å². The normalized spacial score (nSPS) is 17.2. The third-order valence-electron chi connectivity index (χ3n) is 3.42. The van der Waals surface area contributed by atoms with Crippen LogP contribution < -0.4 is 5.32 Å². The van der Waals surface area contributed by atoms with Gasteiger partial charge >= 0.3 is 0 Å². The van der Waals surface area contributed by atoms with Crippen molar-refractivity contribution in [1.82, 2.24) is 10.2 Å². The van der Waals surface area contributed by atoms with Crippen molar-refractivity contribution < 1.29 is 14.3 Å². The van der Waals surface area contributed by atoms with E-state index in [-0.39, 0.29) is 17.9 Å². The number of ether oxygens (including phenoxy) is 1. The molecule has 1 aliphatic heterocycles. The molecule has 1 aromatic carbocycles. The van der Waals surface area contributed by atoms with Crippen molar-refractivity contribution in [3.05, 3.63) is 35.4 Å². The van der Waals surface area contributed by atoms with Crippen LogP contribution in [0.2, 0.25) is 0 Å². The summed E-state index contributed by atoms with van der Waals surface area (Å²) < 4.78 is 5.33. The van der Waals surface area contributed by atoms with E-state index in [4.69, 9.17) is 4.74 Å². The van der Waals surface area contributed by atoms with Gasteiger partial charge in [0.05, 0.1) is 6.61 Å². The highest BCUT2D eigenvalue weighted by Gasteiger charge is 2.40. The van der Waals surface area contributed by atoms with Crippen LogP contribution in [0, 0.1) is 0 Å². The van der Waals surface area contributed by atoms with Crippen LogP contribution in [-0.2, 0) is 9.53 Å². The number of carbonyl (C=O) groups is 2. The molecule has 0 aromatic heterocycles. The number of benzene rings is 1. The molecule has 1 heterocycles. The van der Waals surface area contributed by atoms with Crippen LogP contribution in [0.1, 0.15) is 42.7 Å². The molecule has 1 aromatic rings. The van der Waals surface area contributed by atoms with Gasteiger partial charge in [-0.25, -0.2) is 0 Å². The summed E-state index contributed by atoms with van der Waals surface area (Å²) in [6.07, 6.45) is 0. The van der Waals surface area contributed by atoms with Crippen molar-refractivity contribution in [3.8, 4) is 0 Å². The highest BCUT2D eigenvalue weighted by molar-refractivity contribution is 6.04. The summed E-state index contributed by atoms with van der Waals surface area (Å²) in [6, 6.07) is 6.77. The first-order chi connectivity index (χ1) is 10.1. The van der Waals surface area contributed by atoms with Crippen LogP contribution in [0.25, 0.3) is 0 Å². The third-order valence-corrected chi connectivity index (χ3v) is 3.42. The highest BCUT2D eigenvalue weighted by atomic mass is 16.5. The molecule has 0 saturated heterocycles. The lowest BCUT2D eigenvalue weighted by molar-refractivity contribution is -0.126. The summed E-state index contributed by atoms with van der Waals surface area (Å²) >= 11 is 0. The number of carbonyl (C=O) groups excluding carboxylic acids is 2. The molecule has 2 rings (SSSR count). The molecule has 0 saturated carbocycles. The Labute approximate surface area is 125 Å². The smallest absolute Gasteiger partial charge is 0.255 e. The van der Waals surface area contributed by atoms with Crippen LogP contribution in [0.15, 0.2) is 24.3 Å². The summed E-state index contributed by atoms with van der Waals surface area (Å²) in [5, 5.41) is 2.89. The van der Waals surface area contributed by atoms with Crippen LogP contribution in [0.3, 0.4) is 0 Å². The minimum absolute atomic E-state index is 0.0362. The third kappa shape index (κ3) is 3.24. The first kappa shape index (κ1) is 15.5. The van der Waals surface area contributed by atoms with Crippen molar-refractivity contribution in [2.75, 3.05) is 19.8 Å². The molecule has 5 nitrogen and oxygen atoms in total. The molecule has 1 unspecified atom stereocenters. The van der Waals surface area contributed by atoms with Gasteiger partial charge in [0.1, 0.15) is 6.04 Å². The maximum Gasteiger partial charge on any atom is 0.255 e. The van der Waals surface area contributed by atoms with E-state index in [0.29, 0.717) is 25.3 Å². The molecule has 0 fully saturated rings. The minimum Gasteiger partial charge on any atom is -0.380 e. The van der Waals surface area contributed by atoms with Crippen LogP contribution in [0.4, 0.5) is 0 Å². The van der Waals surface area contributed by atoms with Crippen LogP contribution >= 0.6 is 0 Å². The number of hydrogen-bond acceptors (Lipinski definition) is 3. The fraction of sp³-hybridized carbons (Fsp3) is 0.500. The lowest BCUT2D eigenvalue weighted by atomic mass is 10.0. The van der Waals surface area contributed by atoms with E-state index in [0.717, 1.165) is 5.56 Å². The number of rotatable bonds is 6. The lowest BCUT2D eigenvalue weighted by Gasteiger charge is -2.25. The zero-order valence-electron chi connectivity index (χ0n) is 12.8. The topological polar surface area (TPSA) is 58.6 Å². The van der Waals surface area contributed by atoms with Gasteiger partial charge in [0, 0.05) is 24.8 Å². The highest BCUT2D eigenvalue weighted by Crippen LogP contribution is 2.33. The molecule has 21 heavy (non-hydrogen) atoms. The molecule has 2 amide bonds. The van der Waals surface area contributed by atoms with Crippen LogP contribution in [0.5, 0.6) is 0 Å². The van der Waals surface area contributed by atoms with Gasteiger partial charge in [-0.05, 0) is 32.4 Å². The zero-order chi connectivity index (χ0) is 15.4. The Morgan fingerprint density at radius 3 is 2.76 bits per heavy atom. The Bertz CT molecular complexity index is 528. The molecule has 1 atom stereocenters. The molecule has 0 radical (unpaired) electrons. The standard InChI is InChI=1S/C16H22N2O3/c1-4-21-10-9-18-14(15(19)17-11(2)3)12-7-5-6-8-13(12)16(18)20/h5-8,11,14H,4,9-10H2,1-3H3,(H,17,19). The first-order valence-electron chi connectivity index (χ1n) is 7.34. The molecule has 0 aliphatic carbocycles. The van der Waals surface area contributed by atoms with Crippen molar-refractivity contribution in [2.24, 2.45) is 0 Å². The average Bonchev–Trinajstić information content (AvgIpc) is 2.72. The maximum atomic E-state index is 12.5. The van der Waals surface area contributed by atoms with Gasteiger partial charge in [-0.2, -0.15) is 0 Å². The minimum atomic E-state index is -0.559. The largest absolute Gasteiger partial charge is 0.380 e. The lowest BCUT2D eigenvalue weighted by Crippen LogP contribution is -2.42. The quantitative estimate of drug-likeness (QED) is 0.812. The molecule has 0 bridgehead atoms. The molecule has 0 spiro atoms. The van der Waals surface area contributed by atoms with E-state index in [1.54, 1.807) is 11.0 Å². The van der Waals surface area contributed by atoms with Gasteiger partial charge in [0.2, 0.25) is 5.91 Å². The number of fused-ring (bicyclic) bond motifs is 1. The summed E-state index contributed by atoms with van der Waals surface area (Å²) in [4.78, 5) is 26.5. The van der Waals surface area contributed by atoms with Gasteiger partial charge in [0.25, 0.3) is 5.91 Å². The predicted molar refractivity (Wildman–Crippen MR) is 80.0 cm³/mol. The van der Waals surface area contributed by atoms with E-state index in [9.17, 15) is 9.59 Å². The number of hydrogen-bond donors (Lipinski definition) is 1. The molecular weight excluding hydrogens is 268 g/mol. The Kier molecular flexibility index (Phi) is 4.96. The Morgan fingerprint density at radius 1 is 1.38 bits per heavy atom. The van der Waals surface area contributed by atoms with Crippen molar-refractivity contribution in [1.29, 1.82) is 0 Å². The fourth-order valence-corrected chi connectivity index (χ4v) is 2.55. The Morgan fingerprint density at radius 2 is 2.10 bits per heavy atom. The zero-order valence-corrected chi connectivity index (χ0v) is 12.8. The van der Waals surface area contributed by atoms with Gasteiger partial charge in [-0.3, -0.25) is 9.59 Å². The summed E-state index contributed by atoms with van der Waals surface area (Å²) in [7, 11) is 0. The van der Waals surface area contributed by atoms with Crippen LogP contribution in [-0.4, -0.2) is 42.5 Å². The second-order valence-corrected chi connectivity index (χ2v) is 5.35. The van der Waals surface area contributed by atoms with Gasteiger partial charge in [-0.15, -0.1) is 0 Å². The molecule has 1 N–H and O–H groups in total. The monoisotopic (exact) mass is 290 g/mol. The Balaban J connectivity index is 2.26. The number of nitrogens with zero attached hydrogens (tertiary/aromatic N) is 1. The predicted octanol–water partition coefficient (Wildman–Crippen LogP) is 1.74. The van der Waals surface area contributed by atoms with Gasteiger partial charge in [0.15, 0.2) is 0 Å². The summed E-state index contributed by atoms with van der Waals surface area (Å²) in [6.45, 7) is 7.16. The average molecular weight is 290 g/mol. The van der Waals surface area contributed by atoms with E-state index >= 15 is 0 Å². The summed E-state index contributed by atoms with van der Waals surface area (Å²) in [5.41, 5.74) is 1.38. The second-order valence-electron chi connectivity index (χ2n) is 5.35. The van der Waals surface area contributed by atoms with E-state index in [2.05, 4.69) is 5.32 Å². The fourth-order valence-electron chi connectivity index (χ4n) is 2.55. The summed E-state index contributed by atoms with van der Waals surface area (Å²) in [5.74, 6) is -0.242. The van der Waals surface area contributed by atoms with Gasteiger partial charge in [-0.1, -0.05) is 18.2 Å². The Hall–Kier alpha value is -1.88. The molecular formula is C16H22N2O3. The van der Waals surface area contributed by atoms with Crippen molar-refractivity contribution in [3.63, 3.8) is 0 Å². The van der Waals surface area contributed by atoms with E-state index in [1.807, 2.05) is 39.0 Å². The van der Waals surface area contributed by atoms with Gasteiger partial charge < -0.3 is 15.0 Å². The molecule has 1 aliphatic rings. The van der Waals surface area contributed by atoms with Crippen molar-refractivity contribution >= 4 is 11.8 Å². The second kappa shape index (κ2) is 6.72.